The summed E-state index contributed by atoms with van der Waals surface area (Å²) in [6, 6.07) is 16.7. The highest BCUT2D eigenvalue weighted by atomic mass is 79.9. The van der Waals surface area contributed by atoms with Crippen LogP contribution >= 0.6 is 15.9 Å². The van der Waals surface area contributed by atoms with Crippen LogP contribution in [0.3, 0.4) is 0 Å². The van der Waals surface area contributed by atoms with E-state index in [0.29, 0.717) is 19.3 Å². The van der Waals surface area contributed by atoms with Crippen LogP contribution in [0.4, 0.5) is 0 Å². The number of aliphatic hydroxyl groups is 1. The van der Waals surface area contributed by atoms with Gasteiger partial charge in [-0.05, 0) is 48.6 Å². The maximum Gasteiger partial charge on any atom is 0.0613 e. The number of halogens is 1. The Kier molecular flexibility index (Phi) is 5.36. The van der Waals surface area contributed by atoms with Crippen molar-refractivity contribution in [2.75, 3.05) is 0 Å². The lowest BCUT2D eigenvalue weighted by Crippen LogP contribution is -2.35. The summed E-state index contributed by atoms with van der Waals surface area (Å²) >= 11 is 3.49. The lowest BCUT2D eigenvalue weighted by molar-refractivity contribution is 0.0680. The van der Waals surface area contributed by atoms with E-state index in [0.717, 1.165) is 10.2 Å². The number of nitrogens with zero attached hydrogens (tertiary/aromatic N) is 1. The summed E-state index contributed by atoms with van der Waals surface area (Å²) < 4.78 is 1.05. The van der Waals surface area contributed by atoms with E-state index < -0.39 is 0 Å². The van der Waals surface area contributed by atoms with Gasteiger partial charge in [-0.3, -0.25) is 0 Å². The first-order valence-electron chi connectivity index (χ1n) is 8.28. The average Bonchev–Trinajstić information content (AvgIpc) is 2.56. The molecule has 3 rings (SSSR count). The fourth-order valence-electron chi connectivity index (χ4n) is 3.44. The van der Waals surface area contributed by atoms with E-state index >= 15 is 0 Å². The molecule has 0 radical (unpaired) electrons. The molecule has 1 saturated carbocycles. The summed E-state index contributed by atoms with van der Waals surface area (Å²) in [5.74, 6) is 0.329. The van der Waals surface area contributed by atoms with Crippen molar-refractivity contribution in [2.45, 2.75) is 38.2 Å². The second kappa shape index (κ2) is 7.49. The van der Waals surface area contributed by atoms with Gasteiger partial charge in [0.15, 0.2) is 0 Å². The Morgan fingerprint density at radius 2 is 1.83 bits per heavy atom. The van der Waals surface area contributed by atoms with Crippen LogP contribution in [0.15, 0.2) is 58.2 Å². The number of rotatable bonds is 5. The van der Waals surface area contributed by atoms with Crippen molar-refractivity contribution < 1.29 is 10.3 Å². The second-order valence-corrected chi connectivity index (χ2v) is 7.49. The van der Waals surface area contributed by atoms with Crippen LogP contribution in [0.2, 0.25) is 0 Å². The first kappa shape index (κ1) is 17.2. The zero-order chi connectivity index (χ0) is 17.1. The molecule has 0 spiro atoms. The molecular weight excluding hydrogens is 366 g/mol. The minimum atomic E-state index is -0.253. The molecule has 2 N–H and O–H groups in total. The lowest BCUT2D eigenvalue weighted by atomic mass is 9.74. The van der Waals surface area contributed by atoms with Gasteiger partial charge < -0.3 is 10.3 Å². The molecule has 2 aromatic carbocycles. The third-order valence-corrected chi connectivity index (χ3v) is 5.49. The van der Waals surface area contributed by atoms with Crippen LogP contribution in [-0.2, 0) is 0 Å². The van der Waals surface area contributed by atoms with Gasteiger partial charge in [-0.2, -0.15) is 0 Å². The van der Waals surface area contributed by atoms with Gasteiger partial charge in [-0.25, -0.2) is 0 Å². The van der Waals surface area contributed by atoms with Gasteiger partial charge in [0, 0.05) is 22.7 Å². The first-order chi connectivity index (χ1) is 11.6. The quantitative estimate of drug-likeness (QED) is 0.436. The topological polar surface area (TPSA) is 52.8 Å². The molecule has 24 heavy (non-hydrogen) atoms. The Bertz CT molecular complexity index is 721. The van der Waals surface area contributed by atoms with Crippen LogP contribution in [0.5, 0.6) is 0 Å². The third-order valence-electron chi connectivity index (χ3n) is 4.96. The molecule has 1 unspecified atom stereocenters. The van der Waals surface area contributed by atoms with Gasteiger partial charge >= 0.3 is 0 Å². The Hall–Kier alpha value is -1.65. The Labute approximate surface area is 151 Å². The number of hydrogen-bond donors (Lipinski definition) is 2. The number of hydrogen-bond acceptors (Lipinski definition) is 3. The summed E-state index contributed by atoms with van der Waals surface area (Å²) in [6.45, 7) is 2.12. The molecule has 4 heteroatoms. The summed E-state index contributed by atoms with van der Waals surface area (Å²) in [4.78, 5) is 0. The predicted octanol–water partition coefficient (Wildman–Crippen LogP) is 4.88. The molecule has 1 atom stereocenters. The largest absolute Gasteiger partial charge is 0.411 e. The van der Waals surface area contributed by atoms with Gasteiger partial charge in [0.1, 0.15) is 0 Å². The molecule has 0 heterocycles. The molecule has 0 amide bonds. The highest BCUT2D eigenvalue weighted by molar-refractivity contribution is 9.10. The van der Waals surface area contributed by atoms with Gasteiger partial charge in [-0.1, -0.05) is 57.5 Å². The predicted molar refractivity (Wildman–Crippen MR) is 99.7 cm³/mol. The SMILES string of the molecule is Cc1ccccc1C(CC(=NO)C1CC(O)C1)c1ccc(Br)cc1. The molecule has 1 aliphatic rings. The van der Waals surface area contributed by atoms with Gasteiger partial charge in [0.05, 0.1) is 11.8 Å². The highest BCUT2D eigenvalue weighted by Gasteiger charge is 2.33. The summed E-state index contributed by atoms with van der Waals surface area (Å²) in [6.07, 6.45) is 1.80. The summed E-state index contributed by atoms with van der Waals surface area (Å²) in [7, 11) is 0. The van der Waals surface area contributed by atoms with Crippen molar-refractivity contribution >= 4 is 21.6 Å². The number of aliphatic hydroxyl groups excluding tert-OH is 1. The lowest BCUT2D eigenvalue weighted by Gasteiger charge is -2.33. The van der Waals surface area contributed by atoms with E-state index in [1.54, 1.807) is 0 Å². The van der Waals surface area contributed by atoms with Gasteiger partial charge in [0.2, 0.25) is 0 Å². The summed E-state index contributed by atoms with van der Waals surface area (Å²) in [5, 5.41) is 22.6. The van der Waals surface area contributed by atoms with Crippen LogP contribution in [0.1, 0.15) is 41.9 Å². The zero-order valence-electron chi connectivity index (χ0n) is 13.7. The van der Waals surface area contributed by atoms with Gasteiger partial charge in [0.25, 0.3) is 0 Å². The maximum absolute atomic E-state index is 9.56. The molecule has 0 aliphatic heterocycles. The minimum Gasteiger partial charge on any atom is -0.411 e. The monoisotopic (exact) mass is 387 g/mol. The van der Waals surface area contributed by atoms with Crippen molar-refractivity contribution in [1.29, 1.82) is 0 Å². The fourth-order valence-corrected chi connectivity index (χ4v) is 3.70. The molecule has 1 aliphatic carbocycles. The van der Waals surface area contributed by atoms with Gasteiger partial charge in [-0.15, -0.1) is 0 Å². The molecule has 3 nitrogen and oxygen atoms in total. The standard InChI is InChI=1S/C20H22BrNO2/c1-13-4-2-3-5-18(13)19(14-6-8-16(21)9-7-14)12-20(22-24)15-10-17(23)11-15/h2-9,15,17,19,23-24H,10-12H2,1H3. The number of benzene rings is 2. The molecular formula is C20H22BrNO2. The van der Waals surface area contributed by atoms with E-state index in [1.165, 1.54) is 16.7 Å². The Balaban J connectivity index is 1.93. The minimum absolute atomic E-state index is 0.142. The van der Waals surface area contributed by atoms with Crippen molar-refractivity contribution in [1.82, 2.24) is 0 Å². The van der Waals surface area contributed by atoms with E-state index in [-0.39, 0.29) is 17.9 Å². The summed E-state index contributed by atoms with van der Waals surface area (Å²) in [5.41, 5.74) is 4.47. The van der Waals surface area contributed by atoms with Crippen LogP contribution in [0, 0.1) is 12.8 Å². The maximum atomic E-state index is 9.56. The van der Waals surface area contributed by atoms with Crippen LogP contribution in [-0.4, -0.2) is 22.1 Å². The van der Waals surface area contributed by atoms with Crippen molar-refractivity contribution in [3.63, 3.8) is 0 Å². The smallest absolute Gasteiger partial charge is 0.0613 e. The number of aryl methyl sites for hydroxylation is 1. The second-order valence-electron chi connectivity index (χ2n) is 6.58. The van der Waals surface area contributed by atoms with Crippen molar-refractivity contribution in [3.05, 3.63) is 69.7 Å². The zero-order valence-corrected chi connectivity index (χ0v) is 15.3. The Morgan fingerprint density at radius 3 is 2.42 bits per heavy atom. The van der Waals surface area contributed by atoms with E-state index in [4.69, 9.17) is 0 Å². The van der Waals surface area contributed by atoms with E-state index in [2.05, 4.69) is 58.3 Å². The van der Waals surface area contributed by atoms with Crippen LogP contribution < -0.4 is 0 Å². The first-order valence-corrected chi connectivity index (χ1v) is 9.07. The highest BCUT2D eigenvalue weighted by Crippen LogP contribution is 2.36. The van der Waals surface area contributed by atoms with Crippen LogP contribution in [0.25, 0.3) is 0 Å². The third kappa shape index (κ3) is 3.70. The molecule has 126 valence electrons. The van der Waals surface area contributed by atoms with Crippen molar-refractivity contribution in [3.8, 4) is 0 Å². The average molecular weight is 388 g/mol. The fraction of sp³-hybridized carbons (Fsp3) is 0.350. The normalized spacial score (nSPS) is 22.0. The number of oxime groups is 1. The molecule has 0 saturated heterocycles. The van der Waals surface area contributed by atoms with E-state index in [9.17, 15) is 10.3 Å². The molecule has 0 aromatic heterocycles. The van der Waals surface area contributed by atoms with E-state index in [1.807, 2.05) is 18.2 Å². The molecule has 1 fully saturated rings. The molecule has 0 bridgehead atoms. The Morgan fingerprint density at radius 1 is 1.17 bits per heavy atom. The molecule has 2 aromatic rings. The van der Waals surface area contributed by atoms with Crippen molar-refractivity contribution in [2.24, 2.45) is 11.1 Å².